The predicted molar refractivity (Wildman–Crippen MR) is 141 cm³/mol. The van der Waals surface area contributed by atoms with Crippen LogP contribution >= 0.6 is 0 Å². The van der Waals surface area contributed by atoms with Crippen molar-refractivity contribution in [3.05, 3.63) is 78.0 Å². The van der Waals surface area contributed by atoms with E-state index in [1.54, 1.807) is 6.20 Å². The summed E-state index contributed by atoms with van der Waals surface area (Å²) in [5.74, 6) is -0.185. The lowest BCUT2D eigenvalue weighted by atomic mass is 9.87. The van der Waals surface area contributed by atoms with E-state index >= 15 is 0 Å². The van der Waals surface area contributed by atoms with E-state index in [9.17, 15) is 4.79 Å². The quantitative estimate of drug-likeness (QED) is 0.335. The second-order valence-electron chi connectivity index (χ2n) is 9.94. The molecule has 1 amide bonds. The van der Waals surface area contributed by atoms with E-state index in [1.165, 1.54) is 5.57 Å². The normalized spacial score (nSPS) is 14.4. The van der Waals surface area contributed by atoms with Crippen LogP contribution in [-0.2, 0) is 11.3 Å². The lowest BCUT2D eigenvalue weighted by Crippen LogP contribution is -2.54. The van der Waals surface area contributed by atoms with Crippen LogP contribution in [0.25, 0.3) is 11.3 Å². The molecule has 6 heteroatoms. The summed E-state index contributed by atoms with van der Waals surface area (Å²) in [5.41, 5.74) is 19.6. The number of allylic oxidation sites excluding steroid dienone is 3. The Morgan fingerprint density at radius 3 is 2.44 bits per heavy atom. The van der Waals surface area contributed by atoms with Crippen LogP contribution in [0.1, 0.15) is 53.0 Å². The standard InChI is InChI=1S/C28H41N5O/c1-6-7-10-21(2)19-24(29)16-18-33(32-27(34)26(30)28(3,4)5)20-22-12-14-23(15-13-22)25-11-8-9-17-31-25/h6-15,17,24,26H,16,18-20,29-30H2,1-5H3,(H,32,34)/b7-6-,21-10+/t24-,26+/m1/s1. The zero-order valence-electron chi connectivity index (χ0n) is 21.3. The van der Waals surface area contributed by atoms with Crippen molar-refractivity contribution >= 4 is 5.91 Å². The van der Waals surface area contributed by atoms with Crippen LogP contribution in [-0.4, -0.2) is 34.5 Å². The monoisotopic (exact) mass is 463 g/mol. The Labute approximate surface area is 205 Å². The first kappa shape index (κ1) is 27.4. The highest BCUT2D eigenvalue weighted by molar-refractivity contribution is 5.81. The number of benzene rings is 1. The number of nitrogens with one attached hydrogen (secondary N) is 1. The Bertz CT molecular complexity index is 945. The maximum Gasteiger partial charge on any atom is 0.251 e. The fraction of sp³-hybridized carbons (Fsp3) is 0.429. The Morgan fingerprint density at radius 1 is 1.15 bits per heavy atom. The first-order valence-corrected chi connectivity index (χ1v) is 12.0. The molecular formula is C28H41N5O. The third kappa shape index (κ3) is 9.21. The number of hydrogen-bond donors (Lipinski definition) is 3. The second kappa shape index (κ2) is 13.2. The molecule has 2 atom stereocenters. The minimum Gasteiger partial charge on any atom is -0.327 e. The summed E-state index contributed by atoms with van der Waals surface area (Å²) in [6, 6.07) is 13.5. The van der Waals surface area contributed by atoms with Gasteiger partial charge in [0.25, 0.3) is 5.91 Å². The van der Waals surface area contributed by atoms with Gasteiger partial charge in [0, 0.05) is 30.9 Å². The fourth-order valence-corrected chi connectivity index (χ4v) is 3.49. The van der Waals surface area contributed by atoms with Crippen LogP contribution in [0.5, 0.6) is 0 Å². The Kier molecular flexibility index (Phi) is 10.6. The molecule has 0 aliphatic heterocycles. The molecule has 0 saturated heterocycles. The summed E-state index contributed by atoms with van der Waals surface area (Å²) >= 11 is 0. The topological polar surface area (TPSA) is 97.3 Å². The number of aromatic nitrogens is 1. The minimum absolute atomic E-state index is 0.00345. The Balaban J connectivity index is 2.09. The van der Waals surface area contributed by atoms with Crippen LogP contribution in [0.4, 0.5) is 0 Å². The van der Waals surface area contributed by atoms with Gasteiger partial charge in [0.15, 0.2) is 0 Å². The molecule has 0 fully saturated rings. The number of carbonyl (C=O) groups is 1. The molecule has 0 saturated carbocycles. The van der Waals surface area contributed by atoms with Gasteiger partial charge in [-0.2, -0.15) is 0 Å². The van der Waals surface area contributed by atoms with E-state index in [2.05, 4.69) is 47.7 Å². The lowest BCUT2D eigenvalue weighted by Gasteiger charge is -2.30. The van der Waals surface area contributed by atoms with Crippen molar-refractivity contribution in [3.63, 3.8) is 0 Å². The molecule has 0 unspecified atom stereocenters. The van der Waals surface area contributed by atoms with Crippen molar-refractivity contribution in [3.8, 4) is 11.3 Å². The lowest BCUT2D eigenvalue weighted by molar-refractivity contribution is -0.129. The molecule has 6 nitrogen and oxygen atoms in total. The number of nitrogens with two attached hydrogens (primary N) is 2. The number of rotatable bonds is 11. The molecule has 5 N–H and O–H groups in total. The van der Waals surface area contributed by atoms with Gasteiger partial charge < -0.3 is 11.5 Å². The van der Waals surface area contributed by atoms with Crippen LogP contribution < -0.4 is 16.9 Å². The number of nitrogens with zero attached hydrogens (tertiary/aromatic N) is 2. The summed E-state index contributed by atoms with van der Waals surface area (Å²) in [5, 5.41) is 1.93. The largest absolute Gasteiger partial charge is 0.327 e. The van der Waals surface area contributed by atoms with Gasteiger partial charge in [0.2, 0.25) is 0 Å². The van der Waals surface area contributed by atoms with E-state index in [4.69, 9.17) is 11.5 Å². The molecular weight excluding hydrogens is 422 g/mol. The highest BCUT2D eigenvalue weighted by Gasteiger charge is 2.28. The summed E-state index contributed by atoms with van der Waals surface area (Å²) < 4.78 is 0. The summed E-state index contributed by atoms with van der Waals surface area (Å²) in [4.78, 5) is 17.2. The molecule has 0 aliphatic carbocycles. The fourth-order valence-electron chi connectivity index (χ4n) is 3.49. The third-order valence-electron chi connectivity index (χ3n) is 5.70. The number of hydrogen-bond acceptors (Lipinski definition) is 5. The van der Waals surface area contributed by atoms with Gasteiger partial charge in [-0.25, -0.2) is 5.01 Å². The SMILES string of the molecule is C/C=C\C=C(/C)C[C@H](N)CCN(Cc1ccc(-c2ccccn2)cc1)NC(=O)[C@H](N)C(C)(C)C. The van der Waals surface area contributed by atoms with Gasteiger partial charge in [0.1, 0.15) is 0 Å². The third-order valence-corrected chi connectivity index (χ3v) is 5.70. The van der Waals surface area contributed by atoms with Crippen LogP contribution in [0.3, 0.4) is 0 Å². The van der Waals surface area contributed by atoms with Gasteiger partial charge in [-0.15, -0.1) is 0 Å². The molecule has 0 aliphatic rings. The zero-order valence-corrected chi connectivity index (χ0v) is 21.3. The number of pyridine rings is 1. The van der Waals surface area contributed by atoms with Gasteiger partial charge in [-0.05, 0) is 49.8 Å². The highest BCUT2D eigenvalue weighted by atomic mass is 16.2. The maximum absolute atomic E-state index is 12.8. The van der Waals surface area contributed by atoms with E-state index in [-0.39, 0.29) is 17.4 Å². The highest BCUT2D eigenvalue weighted by Crippen LogP contribution is 2.19. The molecule has 2 aromatic rings. The molecule has 0 radical (unpaired) electrons. The van der Waals surface area contributed by atoms with Crippen molar-refractivity contribution in [2.24, 2.45) is 16.9 Å². The van der Waals surface area contributed by atoms with Crippen molar-refractivity contribution in [1.82, 2.24) is 15.4 Å². The summed E-state index contributed by atoms with van der Waals surface area (Å²) in [7, 11) is 0. The Morgan fingerprint density at radius 2 is 1.85 bits per heavy atom. The van der Waals surface area contributed by atoms with Crippen LogP contribution in [0.2, 0.25) is 0 Å². The molecule has 0 spiro atoms. The molecule has 34 heavy (non-hydrogen) atoms. The van der Waals surface area contributed by atoms with E-state index in [1.807, 2.05) is 63.1 Å². The van der Waals surface area contributed by atoms with E-state index in [0.717, 1.165) is 29.7 Å². The minimum atomic E-state index is -0.610. The van der Waals surface area contributed by atoms with E-state index < -0.39 is 6.04 Å². The maximum atomic E-state index is 12.8. The number of amides is 1. The predicted octanol–water partition coefficient (Wildman–Crippen LogP) is 4.59. The van der Waals surface area contributed by atoms with Crippen molar-refractivity contribution in [2.75, 3.05) is 6.54 Å². The molecule has 184 valence electrons. The molecule has 1 heterocycles. The first-order valence-electron chi connectivity index (χ1n) is 12.0. The van der Waals surface area contributed by atoms with Crippen molar-refractivity contribution in [2.45, 2.75) is 66.1 Å². The van der Waals surface area contributed by atoms with Gasteiger partial charge >= 0.3 is 0 Å². The zero-order chi connectivity index (χ0) is 25.1. The van der Waals surface area contributed by atoms with Crippen LogP contribution in [0, 0.1) is 5.41 Å². The number of carbonyl (C=O) groups excluding carboxylic acids is 1. The van der Waals surface area contributed by atoms with Gasteiger partial charge in [-0.1, -0.05) is 74.9 Å². The smallest absolute Gasteiger partial charge is 0.251 e. The van der Waals surface area contributed by atoms with Crippen molar-refractivity contribution in [1.29, 1.82) is 0 Å². The molecule has 0 bridgehead atoms. The molecule has 1 aromatic heterocycles. The average molecular weight is 464 g/mol. The number of hydrazine groups is 1. The van der Waals surface area contributed by atoms with Gasteiger partial charge in [-0.3, -0.25) is 15.2 Å². The second-order valence-corrected chi connectivity index (χ2v) is 9.94. The van der Waals surface area contributed by atoms with Gasteiger partial charge in [0.05, 0.1) is 11.7 Å². The molecule has 1 aromatic carbocycles. The Hall–Kier alpha value is -2.80. The summed E-state index contributed by atoms with van der Waals surface area (Å²) in [6.45, 7) is 11.2. The van der Waals surface area contributed by atoms with Crippen LogP contribution in [0.15, 0.2) is 72.5 Å². The van der Waals surface area contributed by atoms with Crippen molar-refractivity contribution < 1.29 is 4.79 Å². The summed E-state index contributed by atoms with van der Waals surface area (Å²) in [6.07, 6.45) is 9.47. The average Bonchev–Trinajstić information content (AvgIpc) is 2.81. The van der Waals surface area contributed by atoms with E-state index in [0.29, 0.717) is 13.1 Å². The molecule has 2 rings (SSSR count). The first-order chi connectivity index (χ1) is 16.1.